The van der Waals surface area contributed by atoms with E-state index in [0.29, 0.717) is 19.0 Å². The maximum atomic E-state index is 12.6. The smallest absolute Gasteiger partial charge is 0.241 e. The number of nitrogens with two attached hydrogens (primary N) is 1. The van der Waals surface area contributed by atoms with Gasteiger partial charge in [0.2, 0.25) is 11.8 Å². The van der Waals surface area contributed by atoms with Crippen molar-refractivity contribution in [3.63, 3.8) is 0 Å². The van der Waals surface area contributed by atoms with Crippen LogP contribution in [0.5, 0.6) is 0 Å². The summed E-state index contributed by atoms with van der Waals surface area (Å²) >= 11 is 0. The van der Waals surface area contributed by atoms with Crippen LogP contribution >= 0.6 is 0 Å². The van der Waals surface area contributed by atoms with E-state index in [1.807, 2.05) is 6.92 Å². The van der Waals surface area contributed by atoms with Gasteiger partial charge in [-0.15, -0.1) is 0 Å². The van der Waals surface area contributed by atoms with Gasteiger partial charge in [-0.25, -0.2) is 0 Å². The fourth-order valence-electron chi connectivity index (χ4n) is 2.72. The Morgan fingerprint density at radius 2 is 1.95 bits per heavy atom. The van der Waals surface area contributed by atoms with Crippen molar-refractivity contribution in [3.05, 3.63) is 0 Å². The zero-order chi connectivity index (χ0) is 14.4. The molecule has 110 valence electrons. The van der Waals surface area contributed by atoms with Crippen LogP contribution in [0.25, 0.3) is 0 Å². The average Bonchev–Trinajstić information content (AvgIpc) is 2.85. The Balaban J connectivity index is 2.69. The van der Waals surface area contributed by atoms with Gasteiger partial charge in [0, 0.05) is 26.6 Å². The highest BCUT2D eigenvalue weighted by molar-refractivity contribution is 5.86. The van der Waals surface area contributed by atoms with Gasteiger partial charge in [0.25, 0.3) is 0 Å². The van der Waals surface area contributed by atoms with Crippen molar-refractivity contribution >= 4 is 11.8 Å². The molecule has 19 heavy (non-hydrogen) atoms. The Morgan fingerprint density at radius 3 is 2.47 bits per heavy atom. The summed E-state index contributed by atoms with van der Waals surface area (Å²) in [6.45, 7) is 3.42. The highest BCUT2D eigenvalue weighted by Crippen LogP contribution is 2.32. The Morgan fingerprint density at radius 1 is 1.26 bits per heavy atom. The summed E-state index contributed by atoms with van der Waals surface area (Å²) in [5.41, 5.74) is 5.74. The molecule has 0 aromatic rings. The molecule has 0 aromatic carbocycles. The van der Waals surface area contributed by atoms with Gasteiger partial charge < -0.3 is 15.5 Å². The number of likely N-dealkylation sites (N-methyl/N-ethyl adjacent to an activating group) is 1. The fourth-order valence-corrected chi connectivity index (χ4v) is 2.72. The summed E-state index contributed by atoms with van der Waals surface area (Å²) in [7, 11) is 3.43. The second kappa shape index (κ2) is 7.48. The van der Waals surface area contributed by atoms with E-state index in [9.17, 15) is 9.59 Å². The zero-order valence-electron chi connectivity index (χ0n) is 12.4. The van der Waals surface area contributed by atoms with E-state index in [4.69, 9.17) is 5.73 Å². The van der Waals surface area contributed by atoms with E-state index in [1.54, 1.807) is 19.0 Å². The van der Waals surface area contributed by atoms with E-state index < -0.39 is 0 Å². The first kappa shape index (κ1) is 16.0. The number of carbonyl (C=O) groups excluding carboxylic acids is 2. The van der Waals surface area contributed by atoms with Crippen LogP contribution in [0.2, 0.25) is 0 Å². The molecular weight excluding hydrogens is 242 g/mol. The molecule has 0 radical (unpaired) electrons. The SMILES string of the molecule is CCCN(CC(=O)N(C)C)C(=O)C1CCCC1CN. The molecule has 2 N–H and O–H groups in total. The number of nitrogens with zero attached hydrogens (tertiary/aromatic N) is 2. The van der Waals surface area contributed by atoms with E-state index in [0.717, 1.165) is 25.7 Å². The third kappa shape index (κ3) is 4.20. The number of amides is 2. The molecule has 5 heteroatoms. The summed E-state index contributed by atoms with van der Waals surface area (Å²) in [5.74, 6) is 0.405. The Bertz CT molecular complexity index is 318. The van der Waals surface area contributed by atoms with Gasteiger partial charge in [0.15, 0.2) is 0 Å². The van der Waals surface area contributed by atoms with Gasteiger partial charge >= 0.3 is 0 Å². The molecule has 1 saturated carbocycles. The largest absolute Gasteiger partial charge is 0.347 e. The second-order valence-electron chi connectivity index (χ2n) is 5.58. The fraction of sp³-hybridized carbons (Fsp3) is 0.857. The number of carbonyl (C=O) groups is 2. The summed E-state index contributed by atoms with van der Waals surface area (Å²) in [6, 6.07) is 0. The van der Waals surface area contributed by atoms with E-state index in [1.165, 1.54) is 4.90 Å². The van der Waals surface area contributed by atoms with Crippen LogP contribution in [0.3, 0.4) is 0 Å². The van der Waals surface area contributed by atoms with Gasteiger partial charge in [-0.1, -0.05) is 13.3 Å². The lowest BCUT2D eigenvalue weighted by molar-refractivity contribution is -0.142. The zero-order valence-corrected chi connectivity index (χ0v) is 12.4. The quantitative estimate of drug-likeness (QED) is 0.771. The Hall–Kier alpha value is -1.10. The van der Waals surface area contributed by atoms with E-state index >= 15 is 0 Å². The minimum Gasteiger partial charge on any atom is -0.347 e. The number of hydrogen-bond donors (Lipinski definition) is 1. The molecule has 0 aromatic heterocycles. The summed E-state index contributed by atoms with van der Waals surface area (Å²) in [4.78, 5) is 27.6. The minimum atomic E-state index is -0.0240. The lowest BCUT2D eigenvalue weighted by Crippen LogP contribution is -2.44. The second-order valence-corrected chi connectivity index (χ2v) is 5.58. The number of hydrogen-bond acceptors (Lipinski definition) is 3. The molecule has 0 heterocycles. The van der Waals surface area contributed by atoms with Crippen molar-refractivity contribution in [2.24, 2.45) is 17.6 Å². The summed E-state index contributed by atoms with van der Waals surface area (Å²) in [6.07, 6.45) is 3.89. The van der Waals surface area contributed by atoms with Crippen LogP contribution in [-0.2, 0) is 9.59 Å². The number of rotatable bonds is 6. The third-order valence-corrected chi connectivity index (χ3v) is 3.91. The van der Waals surface area contributed by atoms with Crippen molar-refractivity contribution in [2.75, 3.05) is 33.7 Å². The maximum absolute atomic E-state index is 12.6. The molecule has 1 rings (SSSR count). The average molecular weight is 269 g/mol. The van der Waals surface area contributed by atoms with Gasteiger partial charge in [0.1, 0.15) is 0 Å². The van der Waals surface area contributed by atoms with Crippen LogP contribution < -0.4 is 5.73 Å². The maximum Gasteiger partial charge on any atom is 0.241 e. The highest BCUT2D eigenvalue weighted by Gasteiger charge is 2.35. The first-order valence-electron chi connectivity index (χ1n) is 7.20. The third-order valence-electron chi connectivity index (χ3n) is 3.91. The predicted octanol–water partition coefficient (Wildman–Crippen LogP) is 0.688. The van der Waals surface area contributed by atoms with Crippen LogP contribution in [0.4, 0.5) is 0 Å². The lowest BCUT2D eigenvalue weighted by Gasteiger charge is -2.28. The summed E-state index contributed by atoms with van der Waals surface area (Å²) < 4.78 is 0. The molecular formula is C14H27N3O2. The molecule has 1 aliphatic rings. The standard InChI is InChI=1S/C14H27N3O2/c1-4-8-17(10-13(18)16(2)3)14(19)12-7-5-6-11(12)9-15/h11-12H,4-10,15H2,1-3H3. The highest BCUT2D eigenvalue weighted by atomic mass is 16.2. The molecule has 2 amide bonds. The molecule has 0 saturated heterocycles. The van der Waals surface area contributed by atoms with Crippen molar-refractivity contribution in [3.8, 4) is 0 Å². The molecule has 1 fully saturated rings. The molecule has 0 spiro atoms. The van der Waals surface area contributed by atoms with E-state index in [2.05, 4.69) is 0 Å². The molecule has 0 aliphatic heterocycles. The van der Waals surface area contributed by atoms with Gasteiger partial charge in [-0.3, -0.25) is 9.59 Å². The first-order chi connectivity index (χ1) is 9.01. The first-order valence-corrected chi connectivity index (χ1v) is 7.20. The topological polar surface area (TPSA) is 66.6 Å². The normalized spacial score (nSPS) is 22.3. The monoisotopic (exact) mass is 269 g/mol. The van der Waals surface area contributed by atoms with Crippen LogP contribution in [-0.4, -0.2) is 55.3 Å². The van der Waals surface area contributed by atoms with Crippen LogP contribution in [0.15, 0.2) is 0 Å². The Labute approximate surface area is 116 Å². The molecule has 2 atom stereocenters. The molecule has 0 bridgehead atoms. The Kier molecular flexibility index (Phi) is 6.28. The van der Waals surface area contributed by atoms with Crippen molar-refractivity contribution < 1.29 is 9.59 Å². The van der Waals surface area contributed by atoms with Gasteiger partial charge in [-0.05, 0) is 31.7 Å². The van der Waals surface area contributed by atoms with E-state index in [-0.39, 0.29) is 24.3 Å². The van der Waals surface area contributed by atoms with Crippen molar-refractivity contribution in [2.45, 2.75) is 32.6 Å². The molecule has 2 unspecified atom stereocenters. The predicted molar refractivity (Wildman–Crippen MR) is 75.5 cm³/mol. The van der Waals surface area contributed by atoms with Crippen LogP contribution in [0, 0.1) is 11.8 Å². The van der Waals surface area contributed by atoms with Crippen molar-refractivity contribution in [1.82, 2.24) is 9.80 Å². The summed E-state index contributed by atoms with van der Waals surface area (Å²) in [5, 5.41) is 0. The lowest BCUT2D eigenvalue weighted by atomic mass is 9.94. The van der Waals surface area contributed by atoms with Crippen molar-refractivity contribution in [1.29, 1.82) is 0 Å². The van der Waals surface area contributed by atoms with Gasteiger partial charge in [-0.2, -0.15) is 0 Å². The van der Waals surface area contributed by atoms with Gasteiger partial charge in [0.05, 0.1) is 6.54 Å². The van der Waals surface area contributed by atoms with Crippen LogP contribution in [0.1, 0.15) is 32.6 Å². The molecule has 1 aliphatic carbocycles. The minimum absolute atomic E-state index is 0.0199. The molecule has 5 nitrogen and oxygen atoms in total.